The molecule has 0 unspecified atom stereocenters. The number of hydrogen-bond donors (Lipinski definition) is 0. The molecule has 26 heavy (non-hydrogen) atoms. The van der Waals surface area contributed by atoms with Gasteiger partial charge in [-0.25, -0.2) is 0 Å². The van der Waals surface area contributed by atoms with Crippen LogP contribution in [-0.2, 0) is 11.3 Å². The molecule has 1 aromatic carbocycles. The Balaban J connectivity index is 1.50. The lowest BCUT2D eigenvalue weighted by atomic mass is 9.97. The minimum Gasteiger partial charge on any atom is -0.375 e. The number of aromatic nitrogens is 1. The fourth-order valence-electron chi connectivity index (χ4n) is 4.03. The molecule has 1 amide bonds. The SMILES string of the molecule is Cc1ccccc1C(=O)N1CC[C@H]2OCCN(Cc3cccnc3)[C@@H]2C1. The van der Waals surface area contributed by atoms with Gasteiger partial charge in [0.1, 0.15) is 0 Å². The van der Waals surface area contributed by atoms with Crippen LogP contribution in [0.15, 0.2) is 48.8 Å². The Morgan fingerprint density at radius 2 is 2.12 bits per heavy atom. The molecule has 2 aliphatic rings. The number of benzene rings is 1. The third-order valence-electron chi connectivity index (χ3n) is 5.47. The van der Waals surface area contributed by atoms with E-state index in [1.165, 1.54) is 5.56 Å². The first-order valence-corrected chi connectivity index (χ1v) is 9.32. The van der Waals surface area contributed by atoms with Gasteiger partial charge in [0, 0.05) is 44.1 Å². The monoisotopic (exact) mass is 351 g/mol. The van der Waals surface area contributed by atoms with Crippen molar-refractivity contribution in [3.05, 3.63) is 65.5 Å². The molecule has 0 spiro atoms. The number of amides is 1. The normalized spacial score (nSPS) is 23.5. The molecule has 5 heteroatoms. The number of carbonyl (C=O) groups excluding carboxylic acids is 1. The third-order valence-corrected chi connectivity index (χ3v) is 5.47. The Morgan fingerprint density at radius 3 is 2.92 bits per heavy atom. The highest BCUT2D eigenvalue weighted by atomic mass is 16.5. The number of piperidine rings is 1. The van der Waals surface area contributed by atoms with Crippen molar-refractivity contribution in [3.63, 3.8) is 0 Å². The third kappa shape index (κ3) is 3.50. The fraction of sp³-hybridized carbons (Fsp3) is 0.429. The lowest BCUT2D eigenvalue weighted by Crippen LogP contribution is -2.60. The predicted molar refractivity (Wildman–Crippen MR) is 99.9 cm³/mol. The first-order valence-electron chi connectivity index (χ1n) is 9.32. The maximum absolute atomic E-state index is 13.0. The van der Waals surface area contributed by atoms with E-state index in [4.69, 9.17) is 4.74 Å². The summed E-state index contributed by atoms with van der Waals surface area (Å²) in [7, 11) is 0. The van der Waals surface area contributed by atoms with Crippen LogP contribution in [0.2, 0.25) is 0 Å². The van der Waals surface area contributed by atoms with Crippen molar-refractivity contribution in [2.24, 2.45) is 0 Å². The van der Waals surface area contributed by atoms with E-state index in [1.807, 2.05) is 48.4 Å². The van der Waals surface area contributed by atoms with Gasteiger partial charge in [0.15, 0.2) is 0 Å². The highest BCUT2D eigenvalue weighted by Crippen LogP contribution is 2.26. The summed E-state index contributed by atoms with van der Waals surface area (Å²) in [5.41, 5.74) is 3.05. The minimum atomic E-state index is 0.133. The van der Waals surface area contributed by atoms with Crippen molar-refractivity contribution in [1.29, 1.82) is 0 Å². The second-order valence-corrected chi connectivity index (χ2v) is 7.16. The van der Waals surface area contributed by atoms with Crippen LogP contribution in [0.1, 0.15) is 27.9 Å². The van der Waals surface area contributed by atoms with E-state index < -0.39 is 0 Å². The molecule has 2 saturated heterocycles. The number of likely N-dealkylation sites (tertiary alicyclic amines) is 1. The smallest absolute Gasteiger partial charge is 0.254 e. The van der Waals surface area contributed by atoms with E-state index in [9.17, 15) is 4.79 Å². The van der Waals surface area contributed by atoms with Crippen molar-refractivity contribution >= 4 is 5.91 Å². The summed E-state index contributed by atoms with van der Waals surface area (Å²) in [6.45, 7) is 5.98. The maximum Gasteiger partial charge on any atom is 0.254 e. The summed E-state index contributed by atoms with van der Waals surface area (Å²) >= 11 is 0. The summed E-state index contributed by atoms with van der Waals surface area (Å²) in [6.07, 6.45) is 4.82. The first-order chi connectivity index (χ1) is 12.7. The highest BCUT2D eigenvalue weighted by Gasteiger charge is 2.38. The lowest BCUT2D eigenvalue weighted by molar-refractivity contribution is -0.101. The molecule has 136 valence electrons. The average Bonchev–Trinajstić information content (AvgIpc) is 2.69. The van der Waals surface area contributed by atoms with Gasteiger partial charge >= 0.3 is 0 Å². The molecule has 0 radical (unpaired) electrons. The Bertz CT molecular complexity index is 765. The molecule has 0 N–H and O–H groups in total. The van der Waals surface area contributed by atoms with Gasteiger partial charge in [-0.15, -0.1) is 0 Å². The van der Waals surface area contributed by atoms with Crippen LogP contribution in [0.25, 0.3) is 0 Å². The topological polar surface area (TPSA) is 45.7 Å². The van der Waals surface area contributed by atoms with Gasteiger partial charge in [-0.1, -0.05) is 24.3 Å². The number of carbonyl (C=O) groups is 1. The molecule has 0 saturated carbocycles. The molecule has 0 aliphatic carbocycles. The van der Waals surface area contributed by atoms with Gasteiger partial charge in [0.25, 0.3) is 5.91 Å². The summed E-state index contributed by atoms with van der Waals surface area (Å²) < 4.78 is 6.01. The Kier molecular flexibility index (Phi) is 5.00. The molecular weight excluding hydrogens is 326 g/mol. The molecule has 4 rings (SSSR count). The van der Waals surface area contributed by atoms with E-state index in [2.05, 4.69) is 16.0 Å². The number of pyridine rings is 1. The molecule has 2 aliphatic heterocycles. The summed E-state index contributed by atoms with van der Waals surface area (Å²) in [5, 5.41) is 0. The largest absolute Gasteiger partial charge is 0.375 e. The van der Waals surface area contributed by atoms with E-state index in [0.717, 1.165) is 50.3 Å². The average molecular weight is 351 g/mol. The van der Waals surface area contributed by atoms with Crippen molar-refractivity contribution in [1.82, 2.24) is 14.8 Å². The molecule has 2 atom stereocenters. The number of aryl methyl sites for hydroxylation is 1. The zero-order chi connectivity index (χ0) is 17.9. The standard InChI is InChI=1S/C21H25N3O2/c1-16-5-2-3-7-18(16)21(25)24-10-8-20-19(15-24)23(11-12-26-20)14-17-6-4-9-22-13-17/h2-7,9,13,19-20H,8,10-12,14-15H2,1H3/t19-,20-/m1/s1. The number of ether oxygens (including phenoxy) is 1. The fourth-order valence-corrected chi connectivity index (χ4v) is 4.03. The minimum absolute atomic E-state index is 0.133. The first kappa shape index (κ1) is 17.2. The quantitative estimate of drug-likeness (QED) is 0.852. The number of rotatable bonds is 3. The van der Waals surface area contributed by atoms with Crippen LogP contribution >= 0.6 is 0 Å². The van der Waals surface area contributed by atoms with Crippen molar-refractivity contribution in [2.75, 3.05) is 26.2 Å². The number of hydrogen-bond acceptors (Lipinski definition) is 4. The van der Waals surface area contributed by atoms with E-state index in [-0.39, 0.29) is 18.1 Å². The molecular formula is C21H25N3O2. The van der Waals surface area contributed by atoms with E-state index in [1.54, 1.807) is 6.20 Å². The van der Waals surface area contributed by atoms with Gasteiger partial charge in [0.05, 0.1) is 18.8 Å². The van der Waals surface area contributed by atoms with Gasteiger partial charge in [-0.3, -0.25) is 14.7 Å². The zero-order valence-corrected chi connectivity index (χ0v) is 15.2. The Hall–Kier alpha value is -2.24. The van der Waals surface area contributed by atoms with Crippen LogP contribution in [0.3, 0.4) is 0 Å². The van der Waals surface area contributed by atoms with Crippen LogP contribution < -0.4 is 0 Å². The lowest BCUT2D eigenvalue weighted by Gasteiger charge is -2.47. The van der Waals surface area contributed by atoms with Crippen molar-refractivity contribution < 1.29 is 9.53 Å². The van der Waals surface area contributed by atoms with Gasteiger partial charge in [-0.05, 0) is 36.6 Å². The van der Waals surface area contributed by atoms with Crippen LogP contribution in [0, 0.1) is 6.92 Å². The maximum atomic E-state index is 13.0. The summed E-state index contributed by atoms with van der Waals surface area (Å²) in [5.74, 6) is 0.133. The van der Waals surface area contributed by atoms with Gasteiger partial charge in [-0.2, -0.15) is 0 Å². The summed E-state index contributed by atoms with van der Waals surface area (Å²) in [4.78, 5) is 21.7. The van der Waals surface area contributed by atoms with Crippen LogP contribution in [0.5, 0.6) is 0 Å². The summed E-state index contributed by atoms with van der Waals surface area (Å²) in [6, 6.07) is 12.2. The van der Waals surface area contributed by atoms with Crippen LogP contribution in [-0.4, -0.2) is 59.1 Å². The Labute approximate surface area is 154 Å². The molecule has 5 nitrogen and oxygen atoms in total. The van der Waals surface area contributed by atoms with E-state index in [0.29, 0.717) is 0 Å². The van der Waals surface area contributed by atoms with Gasteiger partial charge < -0.3 is 9.64 Å². The van der Waals surface area contributed by atoms with Gasteiger partial charge in [0.2, 0.25) is 0 Å². The van der Waals surface area contributed by atoms with E-state index >= 15 is 0 Å². The predicted octanol–water partition coefficient (Wildman–Crippen LogP) is 2.51. The number of fused-ring (bicyclic) bond motifs is 1. The molecule has 2 fully saturated rings. The van der Waals surface area contributed by atoms with Crippen molar-refractivity contribution in [3.8, 4) is 0 Å². The van der Waals surface area contributed by atoms with Crippen molar-refractivity contribution in [2.45, 2.75) is 32.0 Å². The zero-order valence-electron chi connectivity index (χ0n) is 15.2. The second kappa shape index (κ2) is 7.56. The molecule has 0 bridgehead atoms. The molecule has 1 aromatic heterocycles. The number of morpholine rings is 1. The highest BCUT2D eigenvalue weighted by molar-refractivity contribution is 5.95. The molecule has 2 aromatic rings. The molecule has 3 heterocycles. The van der Waals surface area contributed by atoms with Crippen LogP contribution in [0.4, 0.5) is 0 Å². The Morgan fingerprint density at radius 1 is 1.23 bits per heavy atom. The number of nitrogens with zero attached hydrogens (tertiary/aromatic N) is 3. The second-order valence-electron chi connectivity index (χ2n) is 7.16.